The molecule has 104 valence electrons. The van der Waals surface area contributed by atoms with E-state index in [9.17, 15) is 10.1 Å². The molecule has 0 radical (unpaired) electrons. The minimum atomic E-state index is -0.304. The molecule has 1 aromatic carbocycles. The monoisotopic (exact) mass is 262 g/mol. The average molecular weight is 262 g/mol. The fourth-order valence-corrected chi connectivity index (χ4v) is 2.79. The van der Waals surface area contributed by atoms with Crippen molar-refractivity contribution in [1.82, 2.24) is 5.32 Å². The van der Waals surface area contributed by atoms with Gasteiger partial charge in [-0.2, -0.15) is 0 Å². The van der Waals surface area contributed by atoms with Crippen LogP contribution >= 0.6 is 0 Å². The van der Waals surface area contributed by atoms with Crippen molar-refractivity contribution in [2.24, 2.45) is 0 Å². The predicted octanol–water partition coefficient (Wildman–Crippen LogP) is 3.72. The molecule has 1 aliphatic rings. The zero-order chi connectivity index (χ0) is 13.9. The van der Waals surface area contributed by atoms with Crippen molar-refractivity contribution in [3.8, 4) is 0 Å². The van der Waals surface area contributed by atoms with Crippen LogP contribution in [0, 0.1) is 17.0 Å². The first-order valence-electron chi connectivity index (χ1n) is 6.99. The van der Waals surface area contributed by atoms with E-state index in [4.69, 9.17) is 0 Å². The Morgan fingerprint density at radius 3 is 2.63 bits per heavy atom. The van der Waals surface area contributed by atoms with Crippen LogP contribution in [0.15, 0.2) is 18.2 Å². The fourth-order valence-electron chi connectivity index (χ4n) is 2.79. The Hall–Kier alpha value is -1.42. The van der Waals surface area contributed by atoms with Crippen LogP contribution in [0.4, 0.5) is 5.69 Å². The summed E-state index contributed by atoms with van der Waals surface area (Å²) in [7, 11) is 0. The smallest absolute Gasteiger partial charge is 0.272 e. The Bertz CT molecular complexity index is 465. The molecular weight excluding hydrogens is 240 g/mol. The van der Waals surface area contributed by atoms with E-state index in [1.807, 2.05) is 12.1 Å². The molecule has 19 heavy (non-hydrogen) atoms. The highest BCUT2D eigenvalue weighted by atomic mass is 16.6. The van der Waals surface area contributed by atoms with E-state index in [2.05, 4.69) is 12.2 Å². The maximum absolute atomic E-state index is 10.9. The van der Waals surface area contributed by atoms with Crippen LogP contribution in [0.25, 0.3) is 0 Å². The molecule has 0 aromatic heterocycles. The lowest BCUT2D eigenvalue weighted by Crippen LogP contribution is -2.43. The first kappa shape index (κ1) is 14.0. The van der Waals surface area contributed by atoms with Gasteiger partial charge in [-0.15, -0.1) is 0 Å². The molecule has 0 bridgehead atoms. The standard InChI is InChI=1S/C15H22N2O2/c1-12-6-7-13(10-14(12)17(18)19)11-16-15(2)8-4-3-5-9-15/h6-7,10,16H,3-5,8-9,11H2,1-2H3. The normalized spacial score (nSPS) is 18.2. The van der Waals surface area contributed by atoms with Gasteiger partial charge < -0.3 is 5.32 Å². The molecule has 1 N–H and O–H groups in total. The number of nitrogens with one attached hydrogen (secondary N) is 1. The van der Waals surface area contributed by atoms with Crippen LogP contribution in [0.3, 0.4) is 0 Å². The van der Waals surface area contributed by atoms with Crippen molar-refractivity contribution in [1.29, 1.82) is 0 Å². The highest BCUT2D eigenvalue weighted by molar-refractivity contribution is 5.42. The van der Waals surface area contributed by atoms with E-state index in [1.54, 1.807) is 13.0 Å². The average Bonchev–Trinajstić information content (AvgIpc) is 2.38. The molecule has 0 amide bonds. The number of rotatable bonds is 4. The van der Waals surface area contributed by atoms with Gasteiger partial charge in [0.15, 0.2) is 0 Å². The molecular formula is C15H22N2O2. The molecule has 1 aliphatic carbocycles. The maximum Gasteiger partial charge on any atom is 0.272 e. The number of nitro groups is 1. The van der Waals surface area contributed by atoms with Crippen LogP contribution < -0.4 is 5.32 Å². The number of benzene rings is 1. The van der Waals surface area contributed by atoms with Gasteiger partial charge in [-0.05, 0) is 32.3 Å². The summed E-state index contributed by atoms with van der Waals surface area (Å²) in [6.45, 7) is 4.74. The summed E-state index contributed by atoms with van der Waals surface area (Å²) < 4.78 is 0. The molecule has 0 saturated heterocycles. The van der Waals surface area contributed by atoms with Gasteiger partial charge in [-0.3, -0.25) is 10.1 Å². The van der Waals surface area contributed by atoms with Gasteiger partial charge in [0.25, 0.3) is 5.69 Å². The van der Waals surface area contributed by atoms with Crippen LogP contribution in [-0.2, 0) is 6.54 Å². The third-order valence-corrected chi connectivity index (χ3v) is 4.15. The van der Waals surface area contributed by atoms with Gasteiger partial charge in [-0.25, -0.2) is 0 Å². The lowest BCUT2D eigenvalue weighted by Gasteiger charge is -2.34. The lowest BCUT2D eigenvalue weighted by molar-refractivity contribution is -0.385. The van der Waals surface area contributed by atoms with Gasteiger partial charge in [0.2, 0.25) is 0 Å². The first-order valence-corrected chi connectivity index (χ1v) is 6.99. The highest BCUT2D eigenvalue weighted by Gasteiger charge is 2.25. The first-order chi connectivity index (χ1) is 9.00. The molecule has 1 saturated carbocycles. The summed E-state index contributed by atoms with van der Waals surface area (Å²) in [5, 5.41) is 14.5. The van der Waals surface area contributed by atoms with Crippen molar-refractivity contribution in [3.05, 3.63) is 39.4 Å². The number of hydrogen-bond donors (Lipinski definition) is 1. The van der Waals surface area contributed by atoms with Crippen molar-refractivity contribution < 1.29 is 4.92 Å². The summed E-state index contributed by atoms with van der Waals surface area (Å²) in [5.74, 6) is 0. The van der Waals surface area contributed by atoms with E-state index in [-0.39, 0.29) is 16.1 Å². The van der Waals surface area contributed by atoms with Crippen LogP contribution in [0.2, 0.25) is 0 Å². The minimum absolute atomic E-state index is 0.192. The van der Waals surface area contributed by atoms with Crippen molar-refractivity contribution >= 4 is 5.69 Å². The Labute approximate surface area is 114 Å². The zero-order valence-corrected chi connectivity index (χ0v) is 11.7. The van der Waals surface area contributed by atoms with Crippen molar-refractivity contribution in [2.75, 3.05) is 0 Å². The van der Waals surface area contributed by atoms with Gasteiger partial charge >= 0.3 is 0 Å². The summed E-state index contributed by atoms with van der Waals surface area (Å²) in [5.41, 5.74) is 2.12. The summed E-state index contributed by atoms with van der Waals surface area (Å²) in [4.78, 5) is 10.6. The molecule has 4 nitrogen and oxygen atoms in total. The molecule has 2 rings (SSSR count). The van der Waals surface area contributed by atoms with Gasteiger partial charge in [0, 0.05) is 23.7 Å². The topological polar surface area (TPSA) is 55.2 Å². The number of nitro benzene ring substituents is 1. The molecule has 0 atom stereocenters. The Morgan fingerprint density at radius 1 is 1.32 bits per heavy atom. The minimum Gasteiger partial charge on any atom is -0.307 e. The fraction of sp³-hybridized carbons (Fsp3) is 0.600. The summed E-state index contributed by atoms with van der Waals surface area (Å²) >= 11 is 0. The lowest BCUT2D eigenvalue weighted by atomic mass is 9.83. The van der Waals surface area contributed by atoms with E-state index in [1.165, 1.54) is 32.1 Å². The summed E-state index contributed by atoms with van der Waals surface area (Å²) in [6.07, 6.45) is 6.27. The highest BCUT2D eigenvalue weighted by Crippen LogP contribution is 2.28. The summed E-state index contributed by atoms with van der Waals surface area (Å²) in [6, 6.07) is 5.49. The van der Waals surface area contributed by atoms with Crippen molar-refractivity contribution in [3.63, 3.8) is 0 Å². The Kier molecular flexibility index (Phi) is 4.20. The van der Waals surface area contributed by atoms with E-state index in [0.29, 0.717) is 6.54 Å². The van der Waals surface area contributed by atoms with Gasteiger partial charge in [-0.1, -0.05) is 31.4 Å². The Morgan fingerprint density at radius 2 is 2.00 bits per heavy atom. The quantitative estimate of drug-likeness (QED) is 0.664. The second-order valence-corrected chi connectivity index (χ2v) is 5.85. The van der Waals surface area contributed by atoms with E-state index in [0.717, 1.165) is 11.1 Å². The molecule has 0 heterocycles. The van der Waals surface area contributed by atoms with E-state index >= 15 is 0 Å². The SMILES string of the molecule is Cc1ccc(CNC2(C)CCCCC2)cc1[N+](=O)[O-]. The van der Waals surface area contributed by atoms with E-state index < -0.39 is 0 Å². The second-order valence-electron chi connectivity index (χ2n) is 5.85. The van der Waals surface area contributed by atoms with Crippen LogP contribution in [-0.4, -0.2) is 10.5 Å². The third kappa shape index (κ3) is 3.53. The number of hydrogen-bond acceptors (Lipinski definition) is 3. The molecule has 0 aliphatic heterocycles. The van der Waals surface area contributed by atoms with Gasteiger partial charge in [0.05, 0.1) is 4.92 Å². The third-order valence-electron chi connectivity index (χ3n) is 4.15. The molecule has 1 fully saturated rings. The van der Waals surface area contributed by atoms with Gasteiger partial charge in [0.1, 0.15) is 0 Å². The molecule has 1 aromatic rings. The number of aryl methyl sites for hydroxylation is 1. The van der Waals surface area contributed by atoms with Crippen molar-refractivity contribution in [2.45, 2.75) is 58.0 Å². The predicted molar refractivity (Wildman–Crippen MR) is 76.2 cm³/mol. The maximum atomic E-state index is 10.9. The molecule has 0 unspecified atom stereocenters. The van der Waals surface area contributed by atoms with Crippen LogP contribution in [0.5, 0.6) is 0 Å². The zero-order valence-electron chi connectivity index (χ0n) is 11.7. The Balaban J connectivity index is 2.03. The molecule has 0 spiro atoms. The largest absolute Gasteiger partial charge is 0.307 e. The second kappa shape index (κ2) is 5.70. The number of nitrogens with zero attached hydrogens (tertiary/aromatic N) is 1. The van der Waals surface area contributed by atoms with Crippen LogP contribution in [0.1, 0.15) is 50.2 Å². The molecule has 4 heteroatoms.